The topological polar surface area (TPSA) is 103 Å². The number of amides is 1. The first-order valence-electron chi connectivity index (χ1n) is 8.59. The second-order valence-electron chi connectivity index (χ2n) is 5.81. The summed E-state index contributed by atoms with van der Waals surface area (Å²) in [5.41, 5.74) is 9.47. The number of amidine groups is 1. The fraction of sp³-hybridized carbons (Fsp3) is 0.211. The summed E-state index contributed by atoms with van der Waals surface area (Å²) in [5.74, 6) is -0.314. The Balaban J connectivity index is 1.89. The fourth-order valence-corrected chi connectivity index (χ4v) is 3.35. The Morgan fingerprint density at radius 2 is 2.04 bits per heavy atom. The van der Waals surface area contributed by atoms with E-state index < -0.39 is 5.63 Å². The van der Waals surface area contributed by atoms with Gasteiger partial charge in [-0.15, -0.1) is 11.3 Å². The van der Waals surface area contributed by atoms with E-state index in [0.29, 0.717) is 10.5 Å². The number of anilines is 1. The summed E-state index contributed by atoms with van der Waals surface area (Å²) in [5, 5.41) is 5.12. The Morgan fingerprint density at radius 1 is 1.26 bits per heavy atom. The number of nitrogens with two attached hydrogens (primary N) is 1. The average molecular weight is 385 g/mol. The average Bonchev–Trinajstić information content (AvgIpc) is 3.21. The van der Waals surface area contributed by atoms with E-state index in [4.69, 9.17) is 10.2 Å². The summed E-state index contributed by atoms with van der Waals surface area (Å²) >= 11 is 1.30. The van der Waals surface area contributed by atoms with Crippen LogP contribution in [0.2, 0.25) is 0 Å². The Labute approximate surface area is 160 Å². The van der Waals surface area contributed by atoms with Gasteiger partial charge in [-0.2, -0.15) is 10.5 Å². The molecule has 0 atom stereocenters. The van der Waals surface area contributed by atoms with Gasteiger partial charge in [0.25, 0.3) is 5.91 Å². The van der Waals surface area contributed by atoms with Crippen molar-refractivity contribution in [2.75, 3.05) is 18.0 Å². The molecule has 0 spiro atoms. The molecule has 0 fully saturated rings. The van der Waals surface area contributed by atoms with Gasteiger partial charge in [0.05, 0.1) is 4.88 Å². The summed E-state index contributed by atoms with van der Waals surface area (Å²) in [6.45, 7) is 5.86. The first kappa shape index (κ1) is 18.7. The smallest absolute Gasteiger partial charge is 0.352 e. The quantitative estimate of drug-likeness (QED) is 0.252. The number of hydrazone groups is 1. The first-order valence-corrected chi connectivity index (χ1v) is 9.47. The summed E-state index contributed by atoms with van der Waals surface area (Å²) in [6, 6.07) is 10.8. The van der Waals surface area contributed by atoms with Crippen molar-refractivity contribution in [3.05, 3.63) is 62.6 Å². The zero-order valence-corrected chi connectivity index (χ0v) is 15.9. The molecule has 1 amide bonds. The molecule has 1 aromatic carbocycles. The molecule has 3 rings (SSSR count). The molecule has 27 heavy (non-hydrogen) atoms. The summed E-state index contributed by atoms with van der Waals surface area (Å²) in [4.78, 5) is 27.0. The van der Waals surface area contributed by atoms with Crippen LogP contribution in [0.1, 0.15) is 29.1 Å². The van der Waals surface area contributed by atoms with Crippen molar-refractivity contribution >= 4 is 39.7 Å². The van der Waals surface area contributed by atoms with Gasteiger partial charge in [0.2, 0.25) is 0 Å². The standard InChI is InChI=1S/C19H20N4O3S/c1-3-23(4-2)13-8-7-12-10-14(19(25)26-15(12)11-13)17(20)21-22-18(24)16-6-5-9-27-16/h5-11H,3-4H2,1-2H3,(H2,20,21)(H,22,24)/p+1. The van der Waals surface area contributed by atoms with Crippen molar-refractivity contribution < 1.29 is 14.3 Å². The van der Waals surface area contributed by atoms with Crippen LogP contribution in [0.15, 0.2) is 51.0 Å². The molecular formula is C19H21N4O3S+. The molecule has 0 radical (unpaired) electrons. The number of carbonyl (C=O) groups is 1. The normalized spacial score (nSPS) is 11.6. The molecule has 0 unspecified atom stereocenters. The van der Waals surface area contributed by atoms with Gasteiger partial charge in [-0.05, 0) is 43.5 Å². The van der Waals surface area contributed by atoms with Crippen LogP contribution >= 0.6 is 11.3 Å². The third-order valence-corrected chi connectivity index (χ3v) is 5.06. The lowest BCUT2D eigenvalue weighted by molar-refractivity contribution is -0.508. The van der Waals surface area contributed by atoms with Gasteiger partial charge in [-0.1, -0.05) is 6.07 Å². The number of nitrogens with one attached hydrogen (secondary N) is 2. The van der Waals surface area contributed by atoms with Crippen LogP contribution in [0.25, 0.3) is 11.0 Å². The molecule has 140 valence electrons. The highest BCUT2D eigenvalue weighted by atomic mass is 32.1. The Hall–Kier alpha value is -3.13. The molecule has 7 nitrogen and oxygen atoms in total. The number of hydrogen-bond acceptors (Lipinski definition) is 5. The summed E-state index contributed by atoms with van der Waals surface area (Å²) in [7, 11) is 0. The van der Waals surface area contributed by atoms with Crippen molar-refractivity contribution in [3.63, 3.8) is 0 Å². The molecule has 0 bridgehead atoms. The maximum atomic E-state index is 12.3. The van der Waals surface area contributed by atoms with Gasteiger partial charge >= 0.3 is 11.5 Å². The number of hydrazine groups is 1. The van der Waals surface area contributed by atoms with E-state index >= 15 is 0 Å². The van der Waals surface area contributed by atoms with E-state index in [1.54, 1.807) is 23.6 Å². The number of rotatable bonds is 6. The van der Waals surface area contributed by atoms with Gasteiger partial charge < -0.3 is 9.32 Å². The van der Waals surface area contributed by atoms with E-state index in [1.807, 2.05) is 18.2 Å². The zero-order valence-electron chi connectivity index (χ0n) is 15.1. The number of hydrogen-bond donors (Lipinski definition) is 3. The lowest BCUT2D eigenvalue weighted by Crippen LogP contribution is -2.86. The van der Waals surface area contributed by atoms with E-state index in [9.17, 15) is 9.59 Å². The van der Waals surface area contributed by atoms with E-state index in [-0.39, 0.29) is 17.3 Å². The molecule has 0 aliphatic rings. The predicted octanol–water partition coefficient (Wildman–Crippen LogP) is 0.832. The largest absolute Gasteiger partial charge is 0.422 e. The van der Waals surface area contributed by atoms with Crippen LogP contribution in [0.4, 0.5) is 5.69 Å². The van der Waals surface area contributed by atoms with Gasteiger partial charge in [0.1, 0.15) is 5.58 Å². The molecule has 0 aliphatic carbocycles. The van der Waals surface area contributed by atoms with E-state index in [2.05, 4.69) is 29.3 Å². The highest BCUT2D eigenvalue weighted by molar-refractivity contribution is 7.12. The van der Waals surface area contributed by atoms with Crippen molar-refractivity contribution in [3.8, 4) is 0 Å². The minimum absolute atomic E-state index is 0.0170. The molecule has 0 aliphatic heterocycles. The molecule has 4 N–H and O–H groups in total. The number of thiophene rings is 1. The summed E-state index contributed by atoms with van der Waals surface area (Å²) < 4.78 is 5.44. The van der Waals surface area contributed by atoms with Gasteiger partial charge in [0.15, 0.2) is 5.56 Å². The van der Waals surface area contributed by atoms with Crippen molar-refractivity contribution in [2.45, 2.75) is 13.8 Å². The molecule has 3 aromatic rings. The third-order valence-electron chi connectivity index (χ3n) is 4.19. The lowest BCUT2D eigenvalue weighted by atomic mass is 10.1. The highest BCUT2D eigenvalue weighted by Crippen LogP contribution is 2.21. The lowest BCUT2D eigenvalue weighted by Gasteiger charge is -2.20. The number of fused-ring (bicyclic) bond motifs is 1. The Kier molecular flexibility index (Phi) is 5.56. The monoisotopic (exact) mass is 385 g/mol. The minimum atomic E-state index is -0.574. The number of nitrogen functional groups attached to an aromatic ring is 1. The summed E-state index contributed by atoms with van der Waals surface area (Å²) in [6.07, 6.45) is 0. The third kappa shape index (κ3) is 4.01. The zero-order chi connectivity index (χ0) is 19.4. The second-order valence-corrected chi connectivity index (χ2v) is 6.76. The van der Waals surface area contributed by atoms with E-state index in [1.165, 1.54) is 11.3 Å². The van der Waals surface area contributed by atoms with Crippen LogP contribution < -0.4 is 26.8 Å². The Morgan fingerprint density at radius 3 is 2.70 bits per heavy atom. The molecule has 0 saturated carbocycles. The second kappa shape index (κ2) is 8.05. The van der Waals surface area contributed by atoms with Crippen LogP contribution in [-0.2, 0) is 0 Å². The number of carbonyl (C=O) groups excluding carboxylic acids is 1. The number of nitrogens with zero attached hydrogens (tertiary/aromatic N) is 1. The predicted molar refractivity (Wildman–Crippen MR) is 107 cm³/mol. The van der Waals surface area contributed by atoms with Crippen molar-refractivity contribution in [1.82, 2.24) is 5.43 Å². The van der Waals surface area contributed by atoms with Crippen molar-refractivity contribution in [2.24, 2.45) is 5.73 Å². The number of benzene rings is 1. The van der Waals surface area contributed by atoms with E-state index in [0.717, 1.165) is 24.2 Å². The van der Waals surface area contributed by atoms with Crippen LogP contribution in [0.5, 0.6) is 0 Å². The highest BCUT2D eigenvalue weighted by Gasteiger charge is 2.15. The van der Waals surface area contributed by atoms with Gasteiger partial charge in [-0.3, -0.25) is 10.5 Å². The van der Waals surface area contributed by atoms with Gasteiger partial charge in [0, 0.05) is 30.2 Å². The fourth-order valence-electron chi connectivity index (χ4n) is 2.73. The molecule has 2 aromatic heterocycles. The SMILES string of the molecule is CCN(CC)c1ccc2cc(C(N)=[NH+]NC(=O)c3cccs3)c(=O)oc2c1. The maximum absolute atomic E-state index is 12.3. The Bertz CT molecular complexity index is 1040. The minimum Gasteiger partial charge on any atom is -0.422 e. The molecule has 0 saturated heterocycles. The molecule has 2 heterocycles. The van der Waals surface area contributed by atoms with Crippen LogP contribution in [0.3, 0.4) is 0 Å². The van der Waals surface area contributed by atoms with Crippen LogP contribution in [-0.4, -0.2) is 24.8 Å². The van der Waals surface area contributed by atoms with Crippen LogP contribution in [0, 0.1) is 0 Å². The molecular weight excluding hydrogens is 364 g/mol. The first-order chi connectivity index (χ1) is 13.0. The maximum Gasteiger partial charge on any atom is 0.352 e. The molecule has 8 heteroatoms. The van der Waals surface area contributed by atoms with Crippen molar-refractivity contribution in [1.29, 1.82) is 0 Å². The van der Waals surface area contributed by atoms with Gasteiger partial charge in [-0.25, -0.2) is 4.79 Å².